The summed E-state index contributed by atoms with van der Waals surface area (Å²) in [5.74, 6) is -2.80. The van der Waals surface area contributed by atoms with Gasteiger partial charge in [-0.1, -0.05) is 19.4 Å². The normalized spacial score (nSPS) is 11.7. The number of aliphatic carboxylic acids is 1. The number of benzene rings is 1. The summed E-state index contributed by atoms with van der Waals surface area (Å²) in [5.41, 5.74) is 0.476. The fourth-order valence-electron chi connectivity index (χ4n) is 2.00. The van der Waals surface area contributed by atoms with Crippen LogP contribution in [-0.2, 0) is 9.59 Å². The van der Waals surface area contributed by atoms with Gasteiger partial charge in [-0.05, 0) is 31.0 Å². The highest BCUT2D eigenvalue weighted by Gasteiger charge is 2.17. The quantitative estimate of drug-likeness (QED) is 0.683. The van der Waals surface area contributed by atoms with Crippen LogP contribution in [0, 0.1) is 5.92 Å². The van der Waals surface area contributed by atoms with Gasteiger partial charge in [0, 0.05) is 12.1 Å². The molecule has 21 heavy (non-hydrogen) atoms. The molecule has 0 aliphatic rings. The molecule has 1 rings (SSSR count). The largest absolute Gasteiger partial charge is 0.481 e. The Hall–Kier alpha value is -2.37. The number of nitrogens with one attached hydrogen (secondary N) is 1. The van der Waals surface area contributed by atoms with Crippen molar-refractivity contribution in [1.82, 2.24) is 0 Å². The van der Waals surface area contributed by atoms with Crippen LogP contribution in [0.4, 0.5) is 5.69 Å². The minimum atomic E-state index is -1.07. The van der Waals surface area contributed by atoms with Crippen LogP contribution in [0.5, 0.6) is 0 Å². The molecule has 1 aromatic carbocycles. The van der Waals surface area contributed by atoms with E-state index < -0.39 is 17.9 Å². The van der Waals surface area contributed by atoms with Crippen LogP contribution < -0.4 is 5.32 Å². The molecule has 6 heteroatoms. The van der Waals surface area contributed by atoms with E-state index in [0.717, 1.165) is 6.42 Å². The fraction of sp³-hybridized carbons (Fsp3) is 0.400. The Labute approximate surface area is 122 Å². The molecule has 1 aromatic rings. The number of carboxylic acid groups (broad SMARTS) is 2. The van der Waals surface area contributed by atoms with E-state index in [-0.39, 0.29) is 24.3 Å². The number of carbonyl (C=O) groups is 3. The Morgan fingerprint density at radius 1 is 1.19 bits per heavy atom. The molecule has 0 aromatic heterocycles. The van der Waals surface area contributed by atoms with Crippen molar-refractivity contribution >= 4 is 23.5 Å². The molecule has 114 valence electrons. The molecule has 1 unspecified atom stereocenters. The smallest absolute Gasteiger partial charge is 0.335 e. The lowest BCUT2D eigenvalue weighted by Gasteiger charge is -2.11. The molecule has 0 heterocycles. The van der Waals surface area contributed by atoms with Gasteiger partial charge in [0.25, 0.3) is 0 Å². The summed E-state index contributed by atoms with van der Waals surface area (Å²) in [4.78, 5) is 33.6. The van der Waals surface area contributed by atoms with Crippen molar-refractivity contribution < 1.29 is 24.6 Å². The van der Waals surface area contributed by atoms with Crippen LogP contribution in [0.1, 0.15) is 43.0 Å². The fourth-order valence-corrected chi connectivity index (χ4v) is 2.00. The van der Waals surface area contributed by atoms with Gasteiger partial charge in [-0.25, -0.2) is 4.79 Å². The number of rotatable bonds is 8. The standard InChI is InChI=1S/C15H19NO5/c1-2-4-10(14(18)19)7-8-13(17)16-12-6-3-5-11(9-12)15(20)21/h3,5-6,9-10H,2,4,7-8H2,1H3,(H,16,17)(H,18,19)(H,20,21). The highest BCUT2D eigenvalue weighted by molar-refractivity contribution is 5.94. The minimum absolute atomic E-state index is 0.0854. The maximum atomic E-state index is 11.8. The molecule has 6 nitrogen and oxygen atoms in total. The first-order valence-corrected chi connectivity index (χ1v) is 6.80. The highest BCUT2D eigenvalue weighted by Crippen LogP contribution is 2.16. The summed E-state index contributed by atoms with van der Waals surface area (Å²) in [5, 5.41) is 20.4. The average Bonchev–Trinajstić information content (AvgIpc) is 2.43. The lowest BCUT2D eigenvalue weighted by atomic mass is 9.98. The first-order valence-electron chi connectivity index (χ1n) is 6.80. The molecular formula is C15H19NO5. The lowest BCUT2D eigenvalue weighted by molar-refractivity contribution is -0.142. The van der Waals surface area contributed by atoms with Crippen molar-refractivity contribution in [2.24, 2.45) is 5.92 Å². The summed E-state index contributed by atoms with van der Waals surface area (Å²) >= 11 is 0. The van der Waals surface area contributed by atoms with Gasteiger partial charge in [-0.15, -0.1) is 0 Å². The zero-order valence-electron chi connectivity index (χ0n) is 11.8. The molecule has 1 atom stereocenters. The number of anilines is 1. The van der Waals surface area contributed by atoms with E-state index in [2.05, 4.69) is 5.32 Å². The monoisotopic (exact) mass is 293 g/mol. The second-order valence-corrected chi connectivity index (χ2v) is 4.80. The third kappa shape index (κ3) is 5.64. The lowest BCUT2D eigenvalue weighted by Crippen LogP contribution is -2.18. The van der Waals surface area contributed by atoms with Crippen LogP contribution in [0.15, 0.2) is 24.3 Å². The molecule has 0 saturated heterocycles. The summed E-state index contributed by atoms with van der Waals surface area (Å²) in [6, 6.07) is 5.92. The second-order valence-electron chi connectivity index (χ2n) is 4.80. The Morgan fingerprint density at radius 2 is 1.90 bits per heavy atom. The van der Waals surface area contributed by atoms with Crippen LogP contribution in [0.25, 0.3) is 0 Å². The maximum absolute atomic E-state index is 11.8. The third-order valence-corrected chi connectivity index (χ3v) is 3.10. The van der Waals surface area contributed by atoms with E-state index in [1.807, 2.05) is 6.92 Å². The van der Waals surface area contributed by atoms with Crippen molar-refractivity contribution in [3.05, 3.63) is 29.8 Å². The van der Waals surface area contributed by atoms with Gasteiger partial charge in [-0.3, -0.25) is 9.59 Å². The average molecular weight is 293 g/mol. The molecule has 1 amide bonds. The van der Waals surface area contributed by atoms with Gasteiger partial charge in [0.05, 0.1) is 11.5 Å². The minimum Gasteiger partial charge on any atom is -0.481 e. The number of carbonyl (C=O) groups excluding carboxylic acids is 1. The van der Waals surface area contributed by atoms with Gasteiger partial charge in [0.15, 0.2) is 0 Å². The second kappa shape index (κ2) is 8.04. The van der Waals surface area contributed by atoms with E-state index in [0.29, 0.717) is 12.1 Å². The molecule has 0 aliphatic heterocycles. The van der Waals surface area contributed by atoms with Gasteiger partial charge >= 0.3 is 11.9 Å². The van der Waals surface area contributed by atoms with Crippen LogP contribution in [0.2, 0.25) is 0 Å². The van der Waals surface area contributed by atoms with Crippen molar-refractivity contribution in [2.75, 3.05) is 5.32 Å². The van der Waals surface area contributed by atoms with Gasteiger partial charge in [-0.2, -0.15) is 0 Å². The van der Waals surface area contributed by atoms with Crippen molar-refractivity contribution in [3.63, 3.8) is 0 Å². The number of hydrogen-bond acceptors (Lipinski definition) is 3. The summed E-state index contributed by atoms with van der Waals surface area (Å²) in [6.45, 7) is 1.90. The zero-order valence-corrected chi connectivity index (χ0v) is 11.8. The maximum Gasteiger partial charge on any atom is 0.335 e. The van der Waals surface area contributed by atoms with Crippen molar-refractivity contribution in [2.45, 2.75) is 32.6 Å². The zero-order chi connectivity index (χ0) is 15.8. The molecule has 0 spiro atoms. The highest BCUT2D eigenvalue weighted by atomic mass is 16.4. The van der Waals surface area contributed by atoms with Gasteiger partial charge < -0.3 is 15.5 Å². The van der Waals surface area contributed by atoms with Crippen molar-refractivity contribution in [1.29, 1.82) is 0 Å². The van der Waals surface area contributed by atoms with Crippen molar-refractivity contribution in [3.8, 4) is 0 Å². The van der Waals surface area contributed by atoms with Gasteiger partial charge in [0.2, 0.25) is 5.91 Å². The van der Waals surface area contributed by atoms with Crippen LogP contribution >= 0.6 is 0 Å². The Morgan fingerprint density at radius 3 is 2.48 bits per heavy atom. The predicted octanol–water partition coefficient (Wildman–Crippen LogP) is 2.60. The number of carboxylic acids is 2. The molecule has 0 bridgehead atoms. The van der Waals surface area contributed by atoms with E-state index in [4.69, 9.17) is 10.2 Å². The molecule has 0 aliphatic carbocycles. The van der Waals surface area contributed by atoms with E-state index in [1.165, 1.54) is 18.2 Å². The molecule has 3 N–H and O–H groups in total. The predicted molar refractivity (Wildman–Crippen MR) is 77.3 cm³/mol. The van der Waals surface area contributed by atoms with Crippen LogP contribution in [-0.4, -0.2) is 28.1 Å². The Kier molecular flexibility index (Phi) is 6.39. The summed E-state index contributed by atoms with van der Waals surface area (Å²) in [7, 11) is 0. The SMILES string of the molecule is CCCC(CCC(=O)Nc1cccc(C(=O)O)c1)C(=O)O. The molecular weight excluding hydrogens is 274 g/mol. The topological polar surface area (TPSA) is 104 Å². The molecule has 0 fully saturated rings. The van der Waals surface area contributed by atoms with Gasteiger partial charge in [0.1, 0.15) is 0 Å². The van der Waals surface area contributed by atoms with Crippen LogP contribution in [0.3, 0.4) is 0 Å². The summed E-state index contributed by atoms with van der Waals surface area (Å²) in [6.07, 6.45) is 1.65. The Bertz CT molecular complexity index is 527. The van der Waals surface area contributed by atoms with E-state index >= 15 is 0 Å². The first kappa shape index (κ1) is 16.7. The summed E-state index contributed by atoms with van der Waals surface area (Å²) < 4.78 is 0. The first-order chi connectivity index (χ1) is 9.93. The third-order valence-electron chi connectivity index (χ3n) is 3.10. The number of amides is 1. The van der Waals surface area contributed by atoms with E-state index in [1.54, 1.807) is 6.07 Å². The molecule has 0 saturated carbocycles. The Balaban J connectivity index is 2.55. The molecule has 0 radical (unpaired) electrons. The number of hydrogen-bond donors (Lipinski definition) is 3. The number of aromatic carboxylic acids is 1. The van der Waals surface area contributed by atoms with E-state index in [9.17, 15) is 14.4 Å².